The van der Waals surface area contributed by atoms with Gasteiger partial charge in [-0.25, -0.2) is 9.67 Å². The Bertz CT molecular complexity index is 855. The third-order valence-corrected chi connectivity index (χ3v) is 6.49. The van der Waals surface area contributed by atoms with E-state index in [9.17, 15) is 4.79 Å². The zero-order valence-corrected chi connectivity index (χ0v) is 17.9. The second-order valence-electron chi connectivity index (χ2n) is 9.32. The van der Waals surface area contributed by atoms with Crippen LogP contribution in [0.25, 0.3) is 11.0 Å². The first kappa shape index (κ1) is 19.4. The SMILES string of the molecule is Cc1cc(C)c2c(C3CCN(C(=O)C4CCCC4)CC3)nn(CC(C)C)c2n1. The fourth-order valence-corrected chi connectivity index (χ4v) is 5.11. The zero-order valence-electron chi connectivity index (χ0n) is 17.9. The monoisotopic (exact) mass is 382 g/mol. The molecular formula is C23H34N4O. The maximum absolute atomic E-state index is 12.8. The van der Waals surface area contributed by atoms with Crippen molar-refractivity contribution in [2.24, 2.45) is 11.8 Å². The standard InChI is InChI=1S/C23H34N4O/c1-15(2)14-27-22-20(16(3)13-17(4)24-22)21(25-27)18-9-11-26(12-10-18)23(28)19-7-5-6-8-19/h13,15,18-19H,5-12,14H2,1-4H3. The Morgan fingerprint density at radius 2 is 1.82 bits per heavy atom. The average Bonchev–Trinajstić information content (AvgIpc) is 3.30. The van der Waals surface area contributed by atoms with Crippen LogP contribution >= 0.6 is 0 Å². The number of carbonyl (C=O) groups is 1. The molecule has 2 aromatic rings. The third kappa shape index (κ3) is 3.68. The highest BCUT2D eigenvalue weighted by Crippen LogP contribution is 2.35. The molecule has 5 heteroatoms. The highest BCUT2D eigenvalue weighted by Gasteiger charge is 2.32. The summed E-state index contributed by atoms with van der Waals surface area (Å²) in [7, 11) is 0. The number of hydrogen-bond donors (Lipinski definition) is 0. The molecule has 1 saturated heterocycles. The van der Waals surface area contributed by atoms with E-state index in [1.807, 2.05) is 0 Å². The number of pyridine rings is 1. The Kier molecular flexibility index (Phi) is 5.44. The van der Waals surface area contributed by atoms with Crippen molar-refractivity contribution in [1.29, 1.82) is 0 Å². The van der Waals surface area contributed by atoms with Crippen LogP contribution in [0.15, 0.2) is 6.07 Å². The second-order valence-corrected chi connectivity index (χ2v) is 9.32. The summed E-state index contributed by atoms with van der Waals surface area (Å²) in [5, 5.41) is 6.30. The zero-order chi connectivity index (χ0) is 19.8. The lowest BCUT2D eigenvalue weighted by atomic mass is 9.90. The Balaban J connectivity index is 1.57. The van der Waals surface area contributed by atoms with Gasteiger partial charge >= 0.3 is 0 Å². The largest absolute Gasteiger partial charge is 0.342 e. The summed E-state index contributed by atoms with van der Waals surface area (Å²) < 4.78 is 2.12. The molecule has 0 spiro atoms. The van der Waals surface area contributed by atoms with E-state index in [1.165, 1.54) is 29.5 Å². The van der Waals surface area contributed by atoms with E-state index >= 15 is 0 Å². The number of rotatable bonds is 4. The van der Waals surface area contributed by atoms with E-state index in [0.29, 0.717) is 17.7 Å². The van der Waals surface area contributed by atoms with Crippen molar-refractivity contribution in [2.75, 3.05) is 13.1 Å². The maximum Gasteiger partial charge on any atom is 0.225 e. The molecule has 4 rings (SSSR count). The van der Waals surface area contributed by atoms with Gasteiger partial charge in [0.05, 0.1) is 5.69 Å². The lowest BCUT2D eigenvalue weighted by molar-refractivity contribution is -0.136. The molecule has 2 aliphatic rings. The molecule has 0 unspecified atom stereocenters. The molecule has 3 heterocycles. The summed E-state index contributed by atoms with van der Waals surface area (Å²) in [6.07, 6.45) is 6.65. The van der Waals surface area contributed by atoms with Crippen molar-refractivity contribution in [1.82, 2.24) is 19.7 Å². The summed E-state index contributed by atoms with van der Waals surface area (Å²) in [5.74, 6) is 1.65. The van der Waals surface area contributed by atoms with E-state index < -0.39 is 0 Å². The number of amides is 1. The molecule has 0 bridgehead atoms. The Hall–Kier alpha value is -1.91. The quantitative estimate of drug-likeness (QED) is 0.776. The van der Waals surface area contributed by atoms with Crippen molar-refractivity contribution in [3.05, 3.63) is 23.0 Å². The van der Waals surface area contributed by atoms with Gasteiger partial charge in [-0.05, 0) is 57.1 Å². The number of carbonyl (C=O) groups excluding carboxylic acids is 1. The average molecular weight is 383 g/mol. The minimum absolute atomic E-state index is 0.289. The van der Waals surface area contributed by atoms with Gasteiger partial charge in [0.1, 0.15) is 0 Å². The Morgan fingerprint density at radius 3 is 2.46 bits per heavy atom. The van der Waals surface area contributed by atoms with Crippen molar-refractivity contribution in [3.63, 3.8) is 0 Å². The first-order valence-corrected chi connectivity index (χ1v) is 11.1. The van der Waals surface area contributed by atoms with Gasteiger partial charge in [-0.3, -0.25) is 4.79 Å². The van der Waals surface area contributed by atoms with E-state index in [-0.39, 0.29) is 5.92 Å². The fraction of sp³-hybridized carbons (Fsp3) is 0.696. The van der Waals surface area contributed by atoms with Crippen molar-refractivity contribution >= 4 is 16.9 Å². The van der Waals surface area contributed by atoms with Gasteiger partial charge in [-0.2, -0.15) is 5.10 Å². The number of likely N-dealkylation sites (tertiary alicyclic amines) is 1. The van der Waals surface area contributed by atoms with Crippen LogP contribution in [-0.2, 0) is 11.3 Å². The maximum atomic E-state index is 12.8. The summed E-state index contributed by atoms with van der Waals surface area (Å²) in [6.45, 7) is 11.3. The number of fused-ring (bicyclic) bond motifs is 1. The van der Waals surface area contributed by atoms with Crippen LogP contribution in [0.5, 0.6) is 0 Å². The lowest BCUT2D eigenvalue weighted by Crippen LogP contribution is -2.40. The predicted octanol–water partition coefficient (Wildman–Crippen LogP) is 4.60. The fourth-order valence-electron chi connectivity index (χ4n) is 5.11. The lowest BCUT2D eigenvalue weighted by Gasteiger charge is -2.33. The molecule has 5 nitrogen and oxygen atoms in total. The summed E-state index contributed by atoms with van der Waals surface area (Å²) in [5.41, 5.74) is 4.56. The van der Waals surface area contributed by atoms with Crippen LogP contribution in [0.3, 0.4) is 0 Å². The van der Waals surface area contributed by atoms with Crippen LogP contribution in [-0.4, -0.2) is 38.7 Å². The van der Waals surface area contributed by atoms with Gasteiger partial charge in [-0.1, -0.05) is 26.7 Å². The minimum atomic E-state index is 0.289. The van der Waals surface area contributed by atoms with E-state index in [2.05, 4.69) is 43.3 Å². The molecular weight excluding hydrogens is 348 g/mol. The smallest absolute Gasteiger partial charge is 0.225 e. The van der Waals surface area contributed by atoms with Crippen LogP contribution in [0.2, 0.25) is 0 Å². The Labute approximate surface area is 168 Å². The molecule has 1 aliphatic heterocycles. The normalized spacial score (nSPS) is 19.2. The van der Waals surface area contributed by atoms with Gasteiger partial charge < -0.3 is 4.90 Å². The highest BCUT2D eigenvalue weighted by molar-refractivity contribution is 5.83. The van der Waals surface area contributed by atoms with Crippen molar-refractivity contribution in [2.45, 2.75) is 78.7 Å². The first-order chi connectivity index (χ1) is 13.4. The van der Waals surface area contributed by atoms with Gasteiger partial charge in [-0.15, -0.1) is 0 Å². The summed E-state index contributed by atoms with van der Waals surface area (Å²) >= 11 is 0. The number of nitrogens with zero attached hydrogens (tertiary/aromatic N) is 4. The molecule has 0 aromatic carbocycles. The van der Waals surface area contributed by atoms with Crippen LogP contribution in [0.1, 0.15) is 75.2 Å². The molecule has 0 radical (unpaired) electrons. The molecule has 2 aromatic heterocycles. The summed E-state index contributed by atoms with van der Waals surface area (Å²) in [6, 6.07) is 2.17. The van der Waals surface area contributed by atoms with Crippen LogP contribution in [0, 0.1) is 25.7 Å². The van der Waals surface area contributed by atoms with Crippen LogP contribution < -0.4 is 0 Å². The number of piperidine rings is 1. The van der Waals surface area contributed by atoms with Gasteiger partial charge in [0, 0.05) is 42.6 Å². The molecule has 1 amide bonds. The first-order valence-electron chi connectivity index (χ1n) is 11.1. The van der Waals surface area contributed by atoms with Gasteiger partial charge in [0.25, 0.3) is 0 Å². The van der Waals surface area contributed by atoms with Crippen molar-refractivity contribution < 1.29 is 4.79 Å². The van der Waals surface area contributed by atoms with Gasteiger partial charge in [0.15, 0.2) is 5.65 Å². The molecule has 28 heavy (non-hydrogen) atoms. The number of aryl methyl sites for hydroxylation is 2. The molecule has 0 N–H and O–H groups in total. The Morgan fingerprint density at radius 1 is 1.14 bits per heavy atom. The number of hydrogen-bond acceptors (Lipinski definition) is 3. The minimum Gasteiger partial charge on any atom is -0.342 e. The molecule has 0 atom stereocenters. The number of aromatic nitrogens is 3. The molecule has 1 aliphatic carbocycles. The molecule has 2 fully saturated rings. The third-order valence-electron chi connectivity index (χ3n) is 6.49. The van der Waals surface area contributed by atoms with Crippen molar-refractivity contribution in [3.8, 4) is 0 Å². The van der Waals surface area contributed by atoms with E-state index in [4.69, 9.17) is 10.1 Å². The van der Waals surface area contributed by atoms with Gasteiger partial charge in [0.2, 0.25) is 5.91 Å². The summed E-state index contributed by atoms with van der Waals surface area (Å²) in [4.78, 5) is 19.7. The second kappa shape index (κ2) is 7.84. The van der Waals surface area contributed by atoms with E-state index in [0.717, 1.165) is 56.7 Å². The predicted molar refractivity (Wildman–Crippen MR) is 112 cm³/mol. The highest BCUT2D eigenvalue weighted by atomic mass is 16.2. The van der Waals surface area contributed by atoms with Crippen LogP contribution in [0.4, 0.5) is 0 Å². The van der Waals surface area contributed by atoms with E-state index in [1.54, 1.807) is 0 Å². The molecule has 152 valence electrons. The topological polar surface area (TPSA) is 51.0 Å². The molecule has 1 saturated carbocycles.